The molecule has 0 aliphatic carbocycles. The highest BCUT2D eigenvalue weighted by molar-refractivity contribution is 9.10. The van der Waals surface area contributed by atoms with Crippen LogP contribution in [0.4, 0.5) is 4.39 Å². The lowest BCUT2D eigenvalue weighted by Gasteiger charge is -2.06. The summed E-state index contributed by atoms with van der Waals surface area (Å²) in [5.74, 6) is -0.283. The minimum atomic E-state index is -0.558. The van der Waals surface area contributed by atoms with Crippen molar-refractivity contribution in [1.29, 1.82) is 5.26 Å². The van der Waals surface area contributed by atoms with Gasteiger partial charge in [0, 0.05) is 14.7 Å². The highest BCUT2D eigenvalue weighted by Gasteiger charge is 2.09. The zero-order chi connectivity index (χ0) is 12.3. The van der Waals surface area contributed by atoms with Gasteiger partial charge in [-0.05, 0) is 34.1 Å². The topological polar surface area (TPSA) is 33.0 Å². The molecular weight excluding hydrogens is 305 g/mol. The average Bonchev–Trinajstić information content (AvgIpc) is 2.72. The van der Waals surface area contributed by atoms with E-state index in [-0.39, 0.29) is 11.3 Å². The fraction of sp³-hybridized carbons (Fsp3) is 0.0833. The van der Waals surface area contributed by atoms with E-state index in [0.29, 0.717) is 6.61 Å². The van der Waals surface area contributed by atoms with Crippen LogP contribution in [-0.4, -0.2) is 0 Å². The lowest BCUT2D eigenvalue weighted by atomic mass is 10.2. The minimum Gasteiger partial charge on any atom is -0.487 e. The molecule has 5 heteroatoms. The molecule has 0 aliphatic rings. The molecule has 2 nitrogen and oxygen atoms in total. The average molecular weight is 312 g/mol. The highest BCUT2D eigenvalue weighted by atomic mass is 79.9. The number of nitriles is 1. The number of halogens is 2. The van der Waals surface area contributed by atoms with E-state index in [9.17, 15) is 4.39 Å². The second-order valence-corrected chi connectivity index (χ2v) is 5.16. The smallest absolute Gasteiger partial charge is 0.144 e. The van der Waals surface area contributed by atoms with Crippen molar-refractivity contribution in [2.75, 3.05) is 0 Å². The van der Waals surface area contributed by atoms with Crippen molar-refractivity contribution in [3.8, 4) is 11.8 Å². The van der Waals surface area contributed by atoms with Crippen LogP contribution in [0.3, 0.4) is 0 Å². The van der Waals surface area contributed by atoms with E-state index >= 15 is 0 Å². The maximum atomic E-state index is 13.3. The van der Waals surface area contributed by atoms with E-state index in [1.54, 1.807) is 12.1 Å². The van der Waals surface area contributed by atoms with Crippen LogP contribution >= 0.6 is 27.3 Å². The Hall–Kier alpha value is -1.38. The van der Waals surface area contributed by atoms with Crippen molar-refractivity contribution in [3.05, 3.63) is 50.4 Å². The SMILES string of the molecule is N#Cc1c(F)cccc1OCc1cc(Br)cs1. The van der Waals surface area contributed by atoms with Crippen molar-refractivity contribution >= 4 is 27.3 Å². The Morgan fingerprint density at radius 2 is 2.29 bits per heavy atom. The fourth-order valence-electron chi connectivity index (χ4n) is 1.31. The van der Waals surface area contributed by atoms with Gasteiger partial charge in [-0.1, -0.05) is 6.07 Å². The molecule has 0 atom stereocenters. The molecule has 1 aromatic heterocycles. The second kappa shape index (κ2) is 5.30. The van der Waals surface area contributed by atoms with Gasteiger partial charge in [0.1, 0.15) is 29.8 Å². The summed E-state index contributed by atoms with van der Waals surface area (Å²) >= 11 is 4.88. The van der Waals surface area contributed by atoms with E-state index in [2.05, 4.69) is 15.9 Å². The monoisotopic (exact) mass is 311 g/mol. The standard InChI is InChI=1S/C12H7BrFNOS/c13-8-4-9(17-7-8)6-16-12-3-1-2-11(14)10(12)5-15/h1-4,7H,6H2. The molecule has 2 rings (SSSR count). The van der Waals surface area contributed by atoms with Gasteiger partial charge in [-0.3, -0.25) is 0 Å². The van der Waals surface area contributed by atoms with Crippen molar-refractivity contribution in [1.82, 2.24) is 0 Å². The van der Waals surface area contributed by atoms with Crippen LogP contribution in [0.2, 0.25) is 0 Å². The van der Waals surface area contributed by atoms with Crippen LogP contribution < -0.4 is 4.74 Å². The molecule has 0 fully saturated rings. The molecule has 1 aromatic carbocycles. The van der Waals surface area contributed by atoms with Crippen molar-refractivity contribution < 1.29 is 9.13 Å². The predicted octanol–water partition coefficient (Wildman–Crippen LogP) is 4.10. The molecule has 0 amide bonds. The van der Waals surface area contributed by atoms with Crippen LogP contribution in [0.25, 0.3) is 0 Å². The number of hydrogen-bond donors (Lipinski definition) is 0. The lowest BCUT2D eigenvalue weighted by molar-refractivity contribution is 0.307. The van der Waals surface area contributed by atoms with Gasteiger partial charge in [0.15, 0.2) is 0 Å². The van der Waals surface area contributed by atoms with Crippen LogP contribution in [0.5, 0.6) is 5.75 Å². The second-order valence-electron chi connectivity index (χ2n) is 3.24. The third-order valence-corrected chi connectivity index (χ3v) is 3.75. The predicted molar refractivity (Wildman–Crippen MR) is 67.5 cm³/mol. The number of ether oxygens (including phenoxy) is 1. The maximum Gasteiger partial charge on any atom is 0.144 e. The summed E-state index contributed by atoms with van der Waals surface area (Å²) < 4.78 is 19.7. The van der Waals surface area contributed by atoms with Gasteiger partial charge < -0.3 is 4.74 Å². The Bertz CT molecular complexity index is 576. The first kappa shape index (κ1) is 12.1. The van der Waals surface area contributed by atoms with E-state index < -0.39 is 5.82 Å². The van der Waals surface area contributed by atoms with E-state index in [4.69, 9.17) is 10.00 Å². The van der Waals surface area contributed by atoms with Crippen molar-refractivity contribution in [3.63, 3.8) is 0 Å². The molecule has 0 spiro atoms. The third-order valence-electron chi connectivity index (χ3n) is 2.08. The Morgan fingerprint density at radius 1 is 1.47 bits per heavy atom. The number of rotatable bonds is 3. The van der Waals surface area contributed by atoms with Gasteiger partial charge >= 0.3 is 0 Å². The zero-order valence-corrected chi connectivity index (χ0v) is 11.0. The molecule has 0 unspecified atom stereocenters. The van der Waals surface area contributed by atoms with Crippen molar-refractivity contribution in [2.45, 2.75) is 6.61 Å². The third kappa shape index (κ3) is 2.84. The number of nitrogens with zero attached hydrogens (tertiary/aromatic N) is 1. The number of benzene rings is 1. The molecule has 0 saturated heterocycles. The molecule has 0 saturated carbocycles. The van der Waals surface area contributed by atoms with Crippen LogP contribution in [0.15, 0.2) is 34.1 Å². The summed E-state index contributed by atoms with van der Waals surface area (Å²) in [6, 6.07) is 8.08. The normalized spacial score (nSPS) is 9.94. The minimum absolute atomic E-state index is 0.0527. The maximum absolute atomic E-state index is 13.3. The molecule has 0 radical (unpaired) electrons. The quantitative estimate of drug-likeness (QED) is 0.855. The lowest BCUT2D eigenvalue weighted by Crippen LogP contribution is -1.96. The summed E-state index contributed by atoms with van der Waals surface area (Å²) in [4.78, 5) is 1.00. The summed E-state index contributed by atoms with van der Waals surface area (Å²) in [6.07, 6.45) is 0. The van der Waals surface area contributed by atoms with Crippen LogP contribution in [0, 0.1) is 17.1 Å². The molecule has 0 bridgehead atoms. The molecule has 0 aliphatic heterocycles. The Morgan fingerprint density at radius 3 is 2.94 bits per heavy atom. The highest BCUT2D eigenvalue weighted by Crippen LogP contribution is 2.24. The summed E-state index contributed by atoms with van der Waals surface area (Å²) in [5.41, 5.74) is -0.0527. The largest absolute Gasteiger partial charge is 0.487 e. The summed E-state index contributed by atoms with van der Waals surface area (Å²) in [7, 11) is 0. The number of hydrogen-bond acceptors (Lipinski definition) is 3. The van der Waals surface area contributed by atoms with Gasteiger partial charge in [-0.25, -0.2) is 4.39 Å². The molecular formula is C12H7BrFNOS. The summed E-state index contributed by atoms with van der Waals surface area (Å²) in [5, 5.41) is 10.8. The van der Waals surface area contributed by atoms with E-state index in [1.807, 2.05) is 11.4 Å². The molecule has 86 valence electrons. The summed E-state index contributed by atoms with van der Waals surface area (Å²) in [6.45, 7) is 0.328. The van der Waals surface area contributed by atoms with E-state index in [0.717, 1.165) is 9.35 Å². The Balaban J connectivity index is 2.14. The first-order valence-corrected chi connectivity index (χ1v) is 6.42. The van der Waals surface area contributed by atoms with Gasteiger partial charge in [-0.2, -0.15) is 5.26 Å². The van der Waals surface area contributed by atoms with Gasteiger partial charge in [0.25, 0.3) is 0 Å². The van der Waals surface area contributed by atoms with Gasteiger partial charge in [0.2, 0.25) is 0 Å². The van der Waals surface area contributed by atoms with Crippen molar-refractivity contribution in [2.24, 2.45) is 0 Å². The molecule has 1 heterocycles. The first-order valence-electron chi connectivity index (χ1n) is 4.75. The molecule has 2 aromatic rings. The Labute approximate surface area is 110 Å². The first-order chi connectivity index (χ1) is 8.20. The molecule has 17 heavy (non-hydrogen) atoms. The van der Waals surface area contributed by atoms with Crippen LogP contribution in [-0.2, 0) is 6.61 Å². The fourth-order valence-corrected chi connectivity index (χ4v) is 2.67. The zero-order valence-electron chi connectivity index (χ0n) is 8.61. The van der Waals surface area contributed by atoms with Crippen LogP contribution in [0.1, 0.15) is 10.4 Å². The Kier molecular flexibility index (Phi) is 3.77. The van der Waals surface area contributed by atoms with E-state index in [1.165, 1.54) is 23.5 Å². The van der Waals surface area contributed by atoms with Gasteiger partial charge in [-0.15, -0.1) is 11.3 Å². The molecule has 0 N–H and O–H groups in total. The van der Waals surface area contributed by atoms with Gasteiger partial charge in [0.05, 0.1) is 0 Å². The number of thiophene rings is 1.